The SMILES string of the molecule is CN(C)Cc1cn(-c2ccc3ncnc(Nc4ccc5c(cnn5Cc5cccc(F)c5)c4)c3c2)cc1CCO. The standard InChI is InChI=1S/C31H30FN7O/c1-37(2)17-24-19-38(18-22(24)10-11-40)27-7-8-29-28(14-27)31(34-20-33-29)36-26-6-9-30-23(13-26)15-35-39(30)16-21-4-3-5-25(32)12-21/h3-9,12-15,18-20,40H,10-11,16-17H2,1-2H3,(H,33,34,36). The average Bonchev–Trinajstić information content (AvgIpc) is 3.52. The summed E-state index contributed by atoms with van der Waals surface area (Å²) in [5, 5.41) is 19.4. The smallest absolute Gasteiger partial charge is 0.141 e. The largest absolute Gasteiger partial charge is 0.396 e. The Hall–Kier alpha value is -4.60. The minimum Gasteiger partial charge on any atom is -0.396 e. The number of aliphatic hydroxyl groups is 1. The molecular formula is C31H30FN7O. The number of aromatic nitrogens is 5. The van der Waals surface area contributed by atoms with E-state index in [2.05, 4.69) is 48.3 Å². The minimum absolute atomic E-state index is 0.109. The van der Waals surface area contributed by atoms with Gasteiger partial charge < -0.3 is 19.9 Å². The summed E-state index contributed by atoms with van der Waals surface area (Å²) in [7, 11) is 4.08. The number of halogens is 1. The van der Waals surface area contributed by atoms with Crippen LogP contribution >= 0.6 is 0 Å². The first-order valence-corrected chi connectivity index (χ1v) is 13.1. The lowest BCUT2D eigenvalue weighted by Crippen LogP contribution is -2.11. The lowest BCUT2D eigenvalue weighted by Gasteiger charge is -2.11. The predicted octanol–water partition coefficient (Wildman–Crippen LogP) is 5.30. The molecule has 6 rings (SSSR count). The van der Waals surface area contributed by atoms with E-state index in [0.717, 1.165) is 50.9 Å². The van der Waals surface area contributed by atoms with Crippen molar-refractivity contribution in [2.45, 2.75) is 19.5 Å². The highest BCUT2D eigenvalue weighted by Crippen LogP contribution is 2.28. The third-order valence-electron chi connectivity index (χ3n) is 6.91. The molecule has 0 spiro atoms. The van der Waals surface area contributed by atoms with Crippen molar-refractivity contribution in [3.8, 4) is 5.69 Å². The maximum Gasteiger partial charge on any atom is 0.141 e. The zero-order valence-electron chi connectivity index (χ0n) is 22.4. The number of aliphatic hydroxyl groups excluding tert-OH is 1. The van der Waals surface area contributed by atoms with Crippen molar-refractivity contribution < 1.29 is 9.50 Å². The molecule has 0 bridgehead atoms. The number of hydrogen-bond acceptors (Lipinski definition) is 6. The minimum atomic E-state index is -0.253. The van der Waals surface area contributed by atoms with Crippen LogP contribution in [-0.2, 0) is 19.5 Å². The van der Waals surface area contributed by atoms with Crippen molar-refractivity contribution in [2.75, 3.05) is 26.0 Å². The van der Waals surface area contributed by atoms with Gasteiger partial charge in [-0.1, -0.05) is 12.1 Å². The normalized spacial score (nSPS) is 11.6. The number of rotatable bonds is 9. The highest BCUT2D eigenvalue weighted by Gasteiger charge is 2.12. The van der Waals surface area contributed by atoms with Gasteiger partial charge in [-0.05, 0) is 85.7 Å². The van der Waals surface area contributed by atoms with E-state index in [1.807, 2.05) is 61.4 Å². The van der Waals surface area contributed by atoms with Crippen LogP contribution in [0.25, 0.3) is 27.5 Å². The molecule has 3 heterocycles. The van der Waals surface area contributed by atoms with E-state index in [4.69, 9.17) is 0 Å². The average molecular weight is 536 g/mol. The zero-order valence-corrected chi connectivity index (χ0v) is 22.4. The second kappa shape index (κ2) is 10.9. The first-order valence-electron chi connectivity index (χ1n) is 13.1. The predicted molar refractivity (Wildman–Crippen MR) is 156 cm³/mol. The van der Waals surface area contributed by atoms with E-state index >= 15 is 0 Å². The fourth-order valence-electron chi connectivity index (χ4n) is 5.06. The van der Waals surface area contributed by atoms with Gasteiger partial charge in [0.15, 0.2) is 0 Å². The van der Waals surface area contributed by atoms with Crippen LogP contribution in [0.1, 0.15) is 16.7 Å². The molecule has 0 unspecified atom stereocenters. The molecule has 2 N–H and O–H groups in total. The van der Waals surface area contributed by atoms with Crippen molar-refractivity contribution >= 4 is 33.3 Å². The van der Waals surface area contributed by atoms with Crippen LogP contribution in [0.2, 0.25) is 0 Å². The van der Waals surface area contributed by atoms with E-state index < -0.39 is 0 Å². The Labute approximate surface area is 231 Å². The Bertz CT molecular complexity index is 1810. The van der Waals surface area contributed by atoms with E-state index in [1.54, 1.807) is 12.4 Å². The molecule has 0 aliphatic carbocycles. The number of anilines is 2. The summed E-state index contributed by atoms with van der Waals surface area (Å²) in [6, 6.07) is 18.7. The molecule has 9 heteroatoms. The van der Waals surface area contributed by atoms with Gasteiger partial charge in [0.2, 0.25) is 0 Å². The van der Waals surface area contributed by atoms with E-state index in [-0.39, 0.29) is 12.4 Å². The second-order valence-electron chi connectivity index (χ2n) is 10.2. The lowest BCUT2D eigenvalue weighted by molar-refractivity contribution is 0.298. The van der Waals surface area contributed by atoms with Crippen LogP contribution in [0, 0.1) is 5.82 Å². The van der Waals surface area contributed by atoms with Gasteiger partial charge in [0.25, 0.3) is 0 Å². The molecule has 0 amide bonds. The lowest BCUT2D eigenvalue weighted by atomic mass is 10.1. The molecule has 202 valence electrons. The molecule has 0 saturated heterocycles. The Morgan fingerprint density at radius 3 is 2.67 bits per heavy atom. The van der Waals surface area contributed by atoms with Gasteiger partial charge in [-0.3, -0.25) is 4.68 Å². The fourth-order valence-corrected chi connectivity index (χ4v) is 5.06. The number of nitrogens with one attached hydrogen (secondary N) is 1. The van der Waals surface area contributed by atoms with Gasteiger partial charge in [-0.25, -0.2) is 14.4 Å². The van der Waals surface area contributed by atoms with E-state index in [1.165, 1.54) is 17.7 Å². The topological polar surface area (TPSA) is 84.0 Å². The monoisotopic (exact) mass is 535 g/mol. The molecule has 3 aromatic heterocycles. The number of nitrogens with zero attached hydrogens (tertiary/aromatic N) is 6. The zero-order chi connectivity index (χ0) is 27.6. The quantitative estimate of drug-likeness (QED) is 0.262. The molecule has 0 fully saturated rings. The summed E-state index contributed by atoms with van der Waals surface area (Å²) in [4.78, 5) is 11.1. The van der Waals surface area contributed by atoms with Crippen LogP contribution in [-0.4, -0.2) is 55.0 Å². The van der Waals surface area contributed by atoms with Crippen molar-refractivity contribution in [3.05, 3.63) is 108 Å². The number of benzene rings is 3. The van der Waals surface area contributed by atoms with Gasteiger partial charge in [0, 0.05) is 47.7 Å². The van der Waals surface area contributed by atoms with Crippen molar-refractivity contribution in [3.63, 3.8) is 0 Å². The first kappa shape index (κ1) is 25.7. The Kier molecular flexibility index (Phi) is 6.98. The molecule has 8 nitrogen and oxygen atoms in total. The van der Waals surface area contributed by atoms with Crippen LogP contribution in [0.3, 0.4) is 0 Å². The molecule has 0 aliphatic rings. The van der Waals surface area contributed by atoms with Crippen LogP contribution in [0.15, 0.2) is 85.6 Å². The summed E-state index contributed by atoms with van der Waals surface area (Å²) in [6.07, 6.45) is 8.20. The Morgan fingerprint density at radius 2 is 1.85 bits per heavy atom. The summed E-state index contributed by atoms with van der Waals surface area (Å²) in [6.45, 7) is 1.40. The van der Waals surface area contributed by atoms with E-state index in [0.29, 0.717) is 18.8 Å². The highest BCUT2D eigenvalue weighted by atomic mass is 19.1. The Morgan fingerprint density at radius 1 is 0.975 bits per heavy atom. The number of hydrogen-bond donors (Lipinski definition) is 2. The fraction of sp³-hybridized carbons (Fsp3) is 0.194. The molecule has 0 saturated carbocycles. The first-order chi connectivity index (χ1) is 19.5. The van der Waals surface area contributed by atoms with E-state index in [9.17, 15) is 9.50 Å². The van der Waals surface area contributed by atoms with Crippen molar-refractivity contribution in [1.82, 2.24) is 29.2 Å². The summed E-state index contributed by atoms with van der Waals surface area (Å²) in [5.41, 5.74) is 6.84. The molecular weight excluding hydrogens is 505 g/mol. The molecule has 0 aliphatic heterocycles. The molecule has 0 radical (unpaired) electrons. The maximum absolute atomic E-state index is 13.6. The molecule has 3 aromatic carbocycles. The van der Waals surface area contributed by atoms with Gasteiger partial charge in [0.05, 0.1) is 23.8 Å². The summed E-state index contributed by atoms with van der Waals surface area (Å²) >= 11 is 0. The van der Waals surface area contributed by atoms with Crippen molar-refractivity contribution in [2.24, 2.45) is 0 Å². The van der Waals surface area contributed by atoms with Crippen LogP contribution < -0.4 is 5.32 Å². The molecule has 40 heavy (non-hydrogen) atoms. The van der Waals surface area contributed by atoms with Gasteiger partial charge in [0.1, 0.15) is 18.0 Å². The third-order valence-corrected chi connectivity index (χ3v) is 6.91. The molecule has 6 aromatic rings. The number of fused-ring (bicyclic) bond motifs is 2. The highest BCUT2D eigenvalue weighted by molar-refractivity contribution is 5.93. The maximum atomic E-state index is 13.6. The second-order valence-corrected chi connectivity index (χ2v) is 10.2. The van der Waals surface area contributed by atoms with Crippen LogP contribution in [0.5, 0.6) is 0 Å². The molecule has 0 atom stereocenters. The Balaban J connectivity index is 1.30. The third kappa shape index (κ3) is 5.29. The van der Waals surface area contributed by atoms with Gasteiger partial charge in [-0.2, -0.15) is 5.10 Å². The van der Waals surface area contributed by atoms with Crippen molar-refractivity contribution in [1.29, 1.82) is 0 Å². The van der Waals surface area contributed by atoms with Gasteiger partial charge >= 0.3 is 0 Å². The van der Waals surface area contributed by atoms with Crippen LogP contribution in [0.4, 0.5) is 15.9 Å². The summed E-state index contributed by atoms with van der Waals surface area (Å²) < 4.78 is 17.6. The van der Waals surface area contributed by atoms with Gasteiger partial charge in [-0.15, -0.1) is 0 Å². The summed E-state index contributed by atoms with van der Waals surface area (Å²) in [5.74, 6) is 0.451.